The zero-order valence-electron chi connectivity index (χ0n) is 11.8. The fourth-order valence-electron chi connectivity index (χ4n) is 1.87. The van der Waals surface area contributed by atoms with Gasteiger partial charge in [-0.2, -0.15) is 0 Å². The normalized spacial score (nSPS) is 17.6. The predicted octanol–water partition coefficient (Wildman–Crippen LogP) is -0.101. The van der Waals surface area contributed by atoms with Gasteiger partial charge < -0.3 is 26.4 Å². The van der Waals surface area contributed by atoms with Crippen molar-refractivity contribution in [1.82, 2.24) is 5.32 Å². The van der Waals surface area contributed by atoms with E-state index in [0.717, 1.165) is 24.9 Å². The van der Waals surface area contributed by atoms with Crippen molar-refractivity contribution in [2.75, 3.05) is 6.54 Å². The van der Waals surface area contributed by atoms with Crippen molar-refractivity contribution in [2.45, 2.75) is 31.3 Å². The SMILES string of the molecule is N[C@H](Cc1ccc(O)cc1)C(=O)O.O=C(O)[C@H]1CCCN1.[CuH+]. The predicted molar refractivity (Wildman–Crippen MR) is 77.5 cm³/mol. The molecule has 0 amide bonds. The summed E-state index contributed by atoms with van der Waals surface area (Å²) in [4.78, 5) is 20.5. The van der Waals surface area contributed by atoms with E-state index in [1.165, 1.54) is 12.1 Å². The van der Waals surface area contributed by atoms with E-state index < -0.39 is 18.0 Å². The molecule has 1 fully saturated rings. The quantitative estimate of drug-likeness (QED) is 0.473. The Morgan fingerprint density at radius 3 is 2.23 bits per heavy atom. The van der Waals surface area contributed by atoms with Crippen molar-refractivity contribution in [2.24, 2.45) is 5.73 Å². The zero-order valence-corrected chi connectivity index (χ0v) is 12.8. The molecule has 1 saturated heterocycles. The Labute approximate surface area is 139 Å². The van der Waals surface area contributed by atoms with Crippen LogP contribution in [0.1, 0.15) is 18.4 Å². The van der Waals surface area contributed by atoms with Gasteiger partial charge in [-0.3, -0.25) is 9.59 Å². The molecule has 8 heteroatoms. The number of hydrogen-bond acceptors (Lipinski definition) is 5. The number of carbonyl (C=O) groups is 2. The molecule has 0 bridgehead atoms. The third-order valence-corrected chi connectivity index (χ3v) is 3.07. The summed E-state index contributed by atoms with van der Waals surface area (Å²) >= 11 is 0. The molecule has 7 nitrogen and oxygen atoms in total. The summed E-state index contributed by atoms with van der Waals surface area (Å²) in [5, 5.41) is 28.7. The molecular weight excluding hydrogens is 340 g/mol. The Morgan fingerprint density at radius 2 is 1.86 bits per heavy atom. The number of aliphatic carboxylic acids is 2. The fourth-order valence-corrected chi connectivity index (χ4v) is 1.87. The van der Waals surface area contributed by atoms with Crippen LogP contribution in [-0.2, 0) is 33.1 Å². The van der Waals surface area contributed by atoms with Crippen molar-refractivity contribution in [3.05, 3.63) is 29.8 Å². The number of carboxylic acids is 2. The van der Waals surface area contributed by atoms with Gasteiger partial charge in [0.25, 0.3) is 0 Å². The van der Waals surface area contributed by atoms with Gasteiger partial charge in [0.15, 0.2) is 0 Å². The van der Waals surface area contributed by atoms with Crippen LogP contribution in [0.25, 0.3) is 0 Å². The van der Waals surface area contributed by atoms with Gasteiger partial charge >= 0.3 is 29.0 Å². The van der Waals surface area contributed by atoms with E-state index in [4.69, 9.17) is 21.1 Å². The number of nitrogens with two attached hydrogens (primary N) is 1. The molecule has 22 heavy (non-hydrogen) atoms. The molecule has 2 atom stereocenters. The van der Waals surface area contributed by atoms with Gasteiger partial charge in [-0.05, 0) is 43.5 Å². The van der Waals surface area contributed by atoms with Crippen LogP contribution < -0.4 is 11.1 Å². The summed E-state index contributed by atoms with van der Waals surface area (Å²) in [6.07, 6.45) is 2.06. The topological polar surface area (TPSA) is 133 Å². The molecule has 6 N–H and O–H groups in total. The van der Waals surface area contributed by atoms with E-state index >= 15 is 0 Å². The molecule has 1 aliphatic heterocycles. The second-order valence-electron chi connectivity index (χ2n) is 4.80. The molecular formula is C14H21CuN2O5+. The number of hydrogen-bond donors (Lipinski definition) is 5. The van der Waals surface area contributed by atoms with E-state index in [-0.39, 0.29) is 35.3 Å². The first-order valence-electron chi connectivity index (χ1n) is 6.62. The molecule has 0 aromatic heterocycles. The zero-order chi connectivity index (χ0) is 15.8. The number of rotatable bonds is 4. The second-order valence-corrected chi connectivity index (χ2v) is 4.80. The van der Waals surface area contributed by atoms with Gasteiger partial charge in [0.05, 0.1) is 0 Å². The van der Waals surface area contributed by atoms with Crippen LogP contribution in [-0.4, -0.2) is 45.9 Å². The van der Waals surface area contributed by atoms with E-state index in [1.54, 1.807) is 12.1 Å². The van der Waals surface area contributed by atoms with Crippen LogP contribution in [0.2, 0.25) is 0 Å². The number of nitrogens with one attached hydrogen (secondary N) is 1. The molecule has 0 saturated carbocycles. The van der Waals surface area contributed by atoms with Crippen LogP contribution in [0.3, 0.4) is 0 Å². The molecule has 2 rings (SSSR count). The Hall–Kier alpha value is -1.60. The summed E-state index contributed by atoms with van der Waals surface area (Å²) in [5.41, 5.74) is 6.12. The number of benzene rings is 1. The van der Waals surface area contributed by atoms with Crippen LogP contribution in [0.4, 0.5) is 0 Å². The third kappa shape index (κ3) is 7.42. The van der Waals surface area contributed by atoms with Gasteiger partial charge in [0.2, 0.25) is 0 Å². The average Bonchev–Trinajstić information content (AvgIpc) is 2.96. The molecule has 127 valence electrons. The summed E-state index contributed by atoms with van der Waals surface area (Å²) in [6.45, 7) is 0.858. The van der Waals surface area contributed by atoms with Crippen LogP contribution in [0.15, 0.2) is 24.3 Å². The van der Waals surface area contributed by atoms with Gasteiger partial charge in [-0.25, -0.2) is 0 Å². The number of carboxylic acid groups (broad SMARTS) is 2. The summed E-state index contributed by atoms with van der Waals surface area (Å²) in [6, 6.07) is 5.16. The Morgan fingerprint density at radius 1 is 1.27 bits per heavy atom. The van der Waals surface area contributed by atoms with E-state index in [2.05, 4.69) is 5.32 Å². The first-order chi connectivity index (χ1) is 9.90. The maximum absolute atomic E-state index is 10.4. The average molecular weight is 361 g/mol. The van der Waals surface area contributed by atoms with Crippen molar-refractivity contribution < 1.29 is 42.0 Å². The van der Waals surface area contributed by atoms with Crippen molar-refractivity contribution >= 4 is 11.9 Å². The van der Waals surface area contributed by atoms with Crippen LogP contribution in [0, 0.1) is 0 Å². The maximum atomic E-state index is 10.4. The monoisotopic (exact) mass is 360 g/mol. The summed E-state index contributed by atoms with van der Waals surface area (Å²) in [5.74, 6) is -1.58. The van der Waals surface area contributed by atoms with Crippen molar-refractivity contribution in [3.8, 4) is 5.75 Å². The van der Waals surface area contributed by atoms with Gasteiger partial charge in [-0.15, -0.1) is 0 Å². The molecule has 0 spiro atoms. The Bertz CT molecular complexity index is 475. The first-order valence-corrected chi connectivity index (χ1v) is 6.62. The minimum atomic E-state index is -1.02. The molecule has 0 unspecified atom stereocenters. The Balaban J connectivity index is 0.000000423. The molecule has 0 radical (unpaired) electrons. The summed E-state index contributed by atoms with van der Waals surface area (Å²) in [7, 11) is 0. The van der Waals surface area contributed by atoms with Gasteiger partial charge in [0, 0.05) is 0 Å². The molecule has 0 aliphatic carbocycles. The first kappa shape index (κ1) is 20.4. The number of phenolic OH excluding ortho intramolecular Hbond substituents is 1. The van der Waals surface area contributed by atoms with E-state index in [1.807, 2.05) is 0 Å². The van der Waals surface area contributed by atoms with Gasteiger partial charge in [0.1, 0.15) is 17.8 Å². The molecule has 1 aromatic rings. The Kier molecular flexibility index (Phi) is 9.44. The van der Waals surface area contributed by atoms with E-state index in [0.29, 0.717) is 0 Å². The standard InChI is InChI=1S/C9H11NO3.C5H9NO2.Cu.H/c10-8(9(12)13)5-6-1-3-7(11)4-2-6;7-5(8)4-2-1-3-6-4;;/h1-4,8,11H,5,10H2,(H,12,13);4,6H,1-3H2,(H,7,8);;/q;;+1;/t8-;4-;;/m11../s1. The molecule has 1 aromatic carbocycles. The van der Waals surface area contributed by atoms with E-state index in [9.17, 15) is 9.59 Å². The van der Waals surface area contributed by atoms with Crippen molar-refractivity contribution in [3.63, 3.8) is 0 Å². The summed E-state index contributed by atoms with van der Waals surface area (Å²) < 4.78 is 0. The number of phenols is 1. The molecule has 1 heterocycles. The third-order valence-electron chi connectivity index (χ3n) is 3.07. The number of aromatic hydroxyl groups is 1. The van der Waals surface area contributed by atoms with Crippen LogP contribution in [0.5, 0.6) is 5.75 Å². The fraction of sp³-hybridized carbons (Fsp3) is 0.429. The van der Waals surface area contributed by atoms with Crippen LogP contribution >= 0.6 is 0 Å². The molecule has 1 aliphatic rings. The second kappa shape index (κ2) is 10.2. The van der Waals surface area contributed by atoms with Crippen molar-refractivity contribution in [1.29, 1.82) is 0 Å². The van der Waals surface area contributed by atoms with Gasteiger partial charge in [-0.1, -0.05) is 12.1 Å². The minimum absolute atomic E-state index is 0.